The maximum atomic E-state index is 13.5. The number of amidine groups is 1. The molecule has 4 nitrogen and oxygen atoms in total. The normalized spacial score (nSPS) is 12.2. The highest BCUT2D eigenvalue weighted by Gasteiger charge is 2.25. The minimum Gasteiger partial charge on any atom is -0.312 e. The van der Waals surface area contributed by atoms with Crippen molar-refractivity contribution < 1.29 is 9.79 Å². The molecule has 3 rings (SSSR count). The van der Waals surface area contributed by atoms with Gasteiger partial charge in [-0.15, -0.1) is 0 Å². The van der Waals surface area contributed by atoms with Crippen LogP contribution in [0.1, 0.15) is 71.6 Å². The molecule has 1 unspecified atom stereocenters. The van der Waals surface area contributed by atoms with Crippen LogP contribution in [0.15, 0.2) is 91.0 Å². The van der Waals surface area contributed by atoms with Gasteiger partial charge in [0.25, 0.3) is 5.84 Å². The molecule has 3 aromatic carbocycles. The third-order valence-corrected chi connectivity index (χ3v) is 6.67. The van der Waals surface area contributed by atoms with Crippen molar-refractivity contribution >= 4 is 28.8 Å². The Morgan fingerprint density at radius 1 is 0.757 bits per heavy atom. The lowest BCUT2D eigenvalue weighted by molar-refractivity contribution is -0.357. The van der Waals surface area contributed by atoms with E-state index >= 15 is 0 Å². The SMILES string of the molecule is CCCCCCCCCCC(=O)N(CC(C)C(Nc1ccccc1)=[NH+]c1ccccc1)c1ccccc1. The lowest BCUT2D eigenvalue weighted by atomic mass is 10.1. The first-order valence-electron chi connectivity index (χ1n) is 14.0. The lowest BCUT2D eigenvalue weighted by Gasteiger charge is -2.26. The summed E-state index contributed by atoms with van der Waals surface area (Å²) >= 11 is 0. The first-order valence-corrected chi connectivity index (χ1v) is 14.0. The Bertz CT molecular complexity index is 1050. The molecule has 0 aromatic heterocycles. The number of carbonyl (C=O) groups is 1. The molecule has 0 saturated heterocycles. The number of unbranched alkanes of at least 4 members (excludes halogenated alkanes) is 7. The van der Waals surface area contributed by atoms with Crippen LogP contribution >= 0.6 is 0 Å². The first-order chi connectivity index (χ1) is 18.2. The van der Waals surface area contributed by atoms with Gasteiger partial charge in [0, 0.05) is 18.7 Å². The van der Waals surface area contributed by atoms with Crippen LogP contribution in [0.4, 0.5) is 17.1 Å². The second-order valence-electron chi connectivity index (χ2n) is 9.86. The third kappa shape index (κ3) is 10.2. The van der Waals surface area contributed by atoms with Gasteiger partial charge in [0.15, 0.2) is 0 Å². The molecule has 0 spiro atoms. The minimum absolute atomic E-state index is 0.0585. The maximum absolute atomic E-state index is 13.5. The molecule has 1 amide bonds. The number of amides is 1. The fourth-order valence-electron chi connectivity index (χ4n) is 4.50. The van der Waals surface area contributed by atoms with Crippen LogP contribution in [-0.4, -0.2) is 18.3 Å². The smallest absolute Gasteiger partial charge is 0.257 e. The number of hydrogen-bond acceptors (Lipinski definition) is 1. The summed E-state index contributed by atoms with van der Waals surface area (Å²) in [7, 11) is 0. The number of para-hydroxylation sites is 3. The summed E-state index contributed by atoms with van der Waals surface area (Å²) in [6.45, 7) is 5.01. The van der Waals surface area contributed by atoms with Crippen molar-refractivity contribution in [3.8, 4) is 0 Å². The van der Waals surface area contributed by atoms with Gasteiger partial charge >= 0.3 is 0 Å². The van der Waals surface area contributed by atoms with Gasteiger partial charge in [0.1, 0.15) is 11.4 Å². The molecule has 3 aromatic rings. The van der Waals surface area contributed by atoms with E-state index in [1.54, 1.807) is 0 Å². The van der Waals surface area contributed by atoms with Crippen LogP contribution in [0, 0.1) is 5.92 Å². The predicted octanol–water partition coefficient (Wildman–Crippen LogP) is 7.11. The second kappa shape index (κ2) is 16.4. The van der Waals surface area contributed by atoms with E-state index in [0.717, 1.165) is 35.7 Å². The Hall–Kier alpha value is -3.40. The van der Waals surface area contributed by atoms with E-state index in [-0.39, 0.29) is 11.8 Å². The number of rotatable bonds is 15. The standard InChI is InChI=1S/C33H43N3O/c1-3-4-5-6-7-8-9-19-26-32(37)36(31-24-17-12-18-25-31)27-28(2)33(34-29-20-13-10-14-21-29)35-30-22-15-11-16-23-30/h10-18,20-25,28H,3-9,19,26-27H2,1-2H3,(H,34,35)/p+1. The van der Waals surface area contributed by atoms with Crippen LogP contribution in [0.3, 0.4) is 0 Å². The van der Waals surface area contributed by atoms with Crippen LogP contribution in [0.5, 0.6) is 0 Å². The zero-order chi connectivity index (χ0) is 26.1. The Morgan fingerprint density at radius 2 is 1.30 bits per heavy atom. The fourth-order valence-corrected chi connectivity index (χ4v) is 4.50. The van der Waals surface area contributed by atoms with Crippen molar-refractivity contribution in [1.82, 2.24) is 0 Å². The molecule has 0 saturated carbocycles. The van der Waals surface area contributed by atoms with Gasteiger partial charge in [0.05, 0.1) is 5.92 Å². The van der Waals surface area contributed by atoms with Crippen LogP contribution in [-0.2, 0) is 4.79 Å². The molecular formula is C33H44N3O+. The lowest BCUT2D eigenvalue weighted by Crippen LogP contribution is -2.71. The van der Waals surface area contributed by atoms with E-state index in [9.17, 15) is 4.79 Å². The van der Waals surface area contributed by atoms with Gasteiger partial charge in [-0.1, -0.05) is 106 Å². The number of anilines is 2. The van der Waals surface area contributed by atoms with Crippen molar-refractivity contribution in [2.75, 3.05) is 16.8 Å². The molecule has 4 heteroatoms. The largest absolute Gasteiger partial charge is 0.312 e. The Morgan fingerprint density at radius 3 is 1.92 bits per heavy atom. The molecule has 0 radical (unpaired) electrons. The Labute approximate surface area is 223 Å². The summed E-state index contributed by atoms with van der Waals surface area (Å²) in [6, 6.07) is 30.4. The third-order valence-electron chi connectivity index (χ3n) is 6.67. The monoisotopic (exact) mass is 498 g/mol. The zero-order valence-electron chi connectivity index (χ0n) is 22.7. The van der Waals surface area contributed by atoms with Gasteiger partial charge in [0.2, 0.25) is 5.91 Å². The van der Waals surface area contributed by atoms with Crippen molar-refractivity contribution in [2.45, 2.75) is 71.6 Å². The molecule has 196 valence electrons. The minimum atomic E-state index is 0.0585. The van der Waals surface area contributed by atoms with E-state index < -0.39 is 0 Å². The quantitative estimate of drug-likeness (QED) is 0.133. The fraction of sp³-hybridized carbons (Fsp3) is 0.394. The average molecular weight is 499 g/mol. The molecule has 1 atom stereocenters. The highest BCUT2D eigenvalue weighted by Crippen LogP contribution is 2.19. The first kappa shape index (κ1) is 28.2. The molecule has 0 aliphatic carbocycles. The van der Waals surface area contributed by atoms with E-state index in [1.165, 1.54) is 38.5 Å². The molecule has 37 heavy (non-hydrogen) atoms. The van der Waals surface area contributed by atoms with Crippen molar-refractivity contribution in [2.24, 2.45) is 5.92 Å². The van der Waals surface area contributed by atoms with Crippen molar-refractivity contribution in [1.29, 1.82) is 0 Å². The molecule has 0 bridgehead atoms. The molecule has 0 aliphatic heterocycles. The molecule has 0 fully saturated rings. The number of carbonyl (C=O) groups excluding carboxylic acids is 1. The number of hydrogen-bond donors (Lipinski definition) is 2. The summed E-state index contributed by atoms with van der Waals surface area (Å²) in [4.78, 5) is 19.0. The number of nitrogens with zero attached hydrogens (tertiary/aromatic N) is 1. The Kier molecular flexibility index (Phi) is 12.5. The van der Waals surface area contributed by atoms with E-state index in [1.807, 2.05) is 71.6 Å². The number of benzene rings is 3. The van der Waals surface area contributed by atoms with E-state index in [2.05, 4.69) is 48.4 Å². The van der Waals surface area contributed by atoms with E-state index in [0.29, 0.717) is 13.0 Å². The van der Waals surface area contributed by atoms with Gasteiger partial charge in [-0.05, 0) is 49.7 Å². The molecule has 0 aliphatic rings. The molecular weight excluding hydrogens is 454 g/mol. The average Bonchev–Trinajstić information content (AvgIpc) is 2.94. The van der Waals surface area contributed by atoms with Crippen LogP contribution < -0.4 is 15.2 Å². The highest BCUT2D eigenvalue weighted by molar-refractivity contribution is 5.97. The topological polar surface area (TPSA) is 46.3 Å². The van der Waals surface area contributed by atoms with Crippen LogP contribution in [0.2, 0.25) is 0 Å². The Balaban J connectivity index is 1.69. The summed E-state index contributed by atoms with van der Waals surface area (Å²) in [6.07, 6.45) is 10.4. The zero-order valence-corrected chi connectivity index (χ0v) is 22.7. The summed E-state index contributed by atoms with van der Waals surface area (Å²) in [5, 5.41) is 3.57. The van der Waals surface area contributed by atoms with Crippen LogP contribution in [0.25, 0.3) is 0 Å². The van der Waals surface area contributed by atoms with Crippen molar-refractivity contribution in [3.05, 3.63) is 91.0 Å². The highest BCUT2D eigenvalue weighted by atomic mass is 16.2. The summed E-state index contributed by atoms with van der Waals surface area (Å²) < 4.78 is 0. The number of nitrogens with one attached hydrogen (secondary N) is 2. The van der Waals surface area contributed by atoms with Crippen molar-refractivity contribution in [3.63, 3.8) is 0 Å². The summed E-state index contributed by atoms with van der Waals surface area (Å²) in [5.74, 6) is 1.23. The van der Waals surface area contributed by atoms with Gasteiger partial charge in [-0.3, -0.25) is 4.79 Å². The maximum Gasteiger partial charge on any atom is 0.257 e. The van der Waals surface area contributed by atoms with Gasteiger partial charge in [-0.2, -0.15) is 0 Å². The van der Waals surface area contributed by atoms with Gasteiger partial charge in [-0.25, -0.2) is 10.3 Å². The summed E-state index contributed by atoms with van der Waals surface area (Å²) in [5.41, 5.74) is 2.99. The molecule has 2 N–H and O–H groups in total. The van der Waals surface area contributed by atoms with E-state index in [4.69, 9.17) is 0 Å². The second-order valence-corrected chi connectivity index (χ2v) is 9.86. The predicted molar refractivity (Wildman–Crippen MR) is 157 cm³/mol. The molecule has 0 heterocycles. The van der Waals surface area contributed by atoms with Gasteiger partial charge < -0.3 is 4.90 Å².